The van der Waals surface area contributed by atoms with Crippen LogP contribution >= 0.6 is 0 Å². The second kappa shape index (κ2) is 6.88. The summed E-state index contributed by atoms with van der Waals surface area (Å²) in [6.07, 6.45) is 2.41. The number of carbonyl (C=O) groups is 2. The Morgan fingerprint density at radius 3 is 2.75 bits per heavy atom. The lowest BCUT2D eigenvalue weighted by Gasteiger charge is -2.19. The summed E-state index contributed by atoms with van der Waals surface area (Å²) >= 11 is 0. The number of aromatic nitrogens is 3. The predicted octanol–water partition coefficient (Wildman–Crippen LogP) is 0.820. The zero-order chi connectivity index (χ0) is 15.2. The molecule has 1 amide bonds. The van der Waals surface area contributed by atoms with Gasteiger partial charge in [0.25, 0.3) is 0 Å². The van der Waals surface area contributed by atoms with E-state index in [-0.39, 0.29) is 6.54 Å². The minimum atomic E-state index is -0.965. The molecule has 0 aliphatic heterocycles. The minimum Gasteiger partial charge on any atom is -0.480 e. The number of carbonyl (C=O) groups excluding carboxylic acids is 1. The van der Waals surface area contributed by atoms with Gasteiger partial charge in [-0.15, -0.1) is 5.10 Å². The highest BCUT2D eigenvalue weighted by Crippen LogP contribution is 2.06. The Kier molecular flexibility index (Phi) is 5.48. The van der Waals surface area contributed by atoms with E-state index in [9.17, 15) is 9.59 Å². The Bertz CT molecular complexity index is 464. The van der Waals surface area contributed by atoms with Gasteiger partial charge in [-0.3, -0.25) is 4.79 Å². The number of rotatable bonds is 6. The van der Waals surface area contributed by atoms with E-state index < -0.39 is 17.7 Å². The van der Waals surface area contributed by atoms with Crippen LogP contribution in [0.5, 0.6) is 0 Å². The summed E-state index contributed by atoms with van der Waals surface area (Å²) in [5, 5.41) is 18.8. The molecule has 0 unspecified atom stereocenters. The first kappa shape index (κ1) is 15.9. The van der Waals surface area contributed by atoms with E-state index in [0.717, 1.165) is 0 Å². The maximum Gasteiger partial charge on any atom is 0.407 e. The van der Waals surface area contributed by atoms with Crippen molar-refractivity contribution >= 4 is 12.1 Å². The maximum absolute atomic E-state index is 11.4. The molecular formula is C12H20N4O4. The lowest BCUT2D eigenvalue weighted by Crippen LogP contribution is -2.33. The van der Waals surface area contributed by atoms with Crippen molar-refractivity contribution < 1.29 is 19.4 Å². The highest BCUT2D eigenvalue weighted by Gasteiger charge is 2.15. The maximum atomic E-state index is 11.4. The molecule has 1 aromatic heterocycles. The highest BCUT2D eigenvalue weighted by molar-refractivity contribution is 5.67. The molecule has 20 heavy (non-hydrogen) atoms. The van der Waals surface area contributed by atoms with Gasteiger partial charge in [0, 0.05) is 12.7 Å². The van der Waals surface area contributed by atoms with Gasteiger partial charge >= 0.3 is 12.1 Å². The number of carboxylic acid groups (broad SMARTS) is 1. The molecule has 0 aliphatic rings. The summed E-state index contributed by atoms with van der Waals surface area (Å²) in [6.45, 7) is 5.65. The summed E-state index contributed by atoms with van der Waals surface area (Å²) in [5.41, 5.74) is 0.182. The number of hydrogen-bond acceptors (Lipinski definition) is 5. The number of hydrogen-bond donors (Lipinski definition) is 2. The molecule has 0 saturated carbocycles. The third-order valence-electron chi connectivity index (χ3n) is 2.16. The van der Waals surface area contributed by atoms with Crippen LogP contribution in [0.1, 0.15) is 32.9 Å². The SMILES string of the molecule is CC(C)(C)OC(=O)NCCCc1cn(CC(=O)O)nn1. The smallest absolute Gasteiger partial charge is 0.407 e. The standard InChI is InChI=1S/C12H20N4O4/c1-12(2,3)20-11(19)13-6-4-5-9-7-16(15-14-9)8-10(17)18/h7H,4-6,8H2,1-3H3,(H,13,19)(H,17,18). The van der Waals surface area contributed by atoms with Gasteiger partial charge in [-0.25, -0.2) is 9.48 Å². The molecule has 0 radical (unpaired) electrons. The number of nitrogens with zero attached hydrogens (tertiary/aromatic N) is 3. The number of aryl methyl sites for hydroxylation is 1. The van der Waals surface area contributed by atoms with E-state index in [1.807, 2.05) is 0 Å². The number of ether oxygens (including phenoxy) is 1. The Balaban J connectivity index is 2.23. The first-order valence-electron chi connectivity index (χ1n) is 6.34. The molecule has 8 heteroatoms. The summed E-state index contributed by atoms with van der Waals surface area (Å²) in [5.74, 6) is -0.965. The molecule has 0 atom stereocenters. The van der Waals surface area contributed by atoms with E-state index in [4.69, 9.17) is 9.84 Å². The third-order valence-corrected chi connectivity index (χ3v) is 2.16. The molecule has 112 valence electrons. The van der Waals surface area contributed by atoms with Crippen molar-refractivity contribution in [2.75, 3.05) is 6.54 Å². The van der Waals surface area contributed by atoms with Crippen LogP contribution in [0.2, 0.25) is 0 Å². The van der Waals surface area contributed by atoms with Crippen molar-refractivity contribution in [3.05, 3.63) is 11.9 Å². The van der Waals surface area contributed by atoms with Crippen molar-refractivity contribution in [1.29, 1.82) is 0 Å². The van der Waals surface area contributed by atoms with Crippen LogP contribution in [0.3, 0.4) is 0 Å². The molecular weight excluding hydrogens is 264 g/mol. The van der Waals surface area contributed by atoms with Crippen LogP contribution < -0.4 is 5.32 Å². The van der Waals surface area contributed by atoms with Crippen molar-refractivity contribution in [2.45, 2.75) is 45.8 Å². The van der Waals surface area contributed by atoms with Crippen LogP contribution in [-0.4, -0.2) is 44.3 Å². The van der Waals surface area contributed by atoms with Gasteiger partial charge in [0.05, 0.1) is 5.69 Å². The lowest BCUT2D eigenvalue weighted by molar-refractivity contribution is -0.137. The molecule has 2 N–H and O–H groups in total. The first-order valence-corrected chi connectivity index (χ1v) is 6.34. The van der Waals surface area contributed by atoms with E-state index in [2.05, 4.69) is 15.6 Å². The van der Waals surface area contributed by atoms with Gasteiger partial charge in [0.1, 0.15) is 12.1 Å². The molecule has 0 aliphatic carbocycles. The molecule has 1 aromatic rings. The van der Waals surface area contributed by atoms with Gasteiger partial charge < -0.3 is 15.2 Å². The quantitative estimate of drug-likeness (QED) is 0.749. The number of amides is 1. The lowest BCUT2D eigenvalue weighted by atomic mass is 10.2. The molecule has 1 rings (SSSR count). The summed E-state index contributed by atoms with van der Waals surface area (Å²) in [6, 6.07) is 0. The average Bonchev–Trinajstić information content (AvgIpc) is 2.68. The summed E-state index contributed by atoms with van der Waals surface area (Å²) < 4.78 is 6.35. The van der Waals surface area contributed by atoms with E-state index in [0.29, 0.717) is 25.1 Å². The van der Waals surface area contributed by atoms with Crippen LogP contribution in [-0.2, 0) is 22.5 Å². The minimum absolute atomic E-state index is 0.205. The summed E-state index contributed by atoms with van der Waals surface area (Å²) in [7, 11) is 0. The third kappa shape index (κ3) is 6.72. The van der Waals surface area contributed by atoms with Gasteiger partial charge in [-0.2, -0.15) is 0 Å². The van der Waals surface area contributed by atoms with Crippen molar-refractivity contribution in [3.63, 3.8) is 0 Å². The topological polar surface area (TPSA) is 106 Å². The fourth-order valence-corrected chi connectivity index (χ4v) is 1.44. The molecule has 0 aromatic carbocycles. The Morgan fingerprint density at radius 1 is 1.45 bits per heavy atom. The van der Waals surface area contributed by atoms with Gasteiger partial charge in [0.15, 0.2) is 0 Å². The predicted molar refractivity (Wildman–Crippen MR) is 70.2 cm³/mol. The largest absolute Gasteiger partial charge is 0.480 e. The second-order valence-electron chi connectivity index (χ2n) is 5.33. The zero-order valence-electron chi connectivity index (χ0n) is 11.9. The van der Waals surface area contributed by atoms with Gasteiger partial charge in [-0.05, 0) is 33.6 Å². The molecule has 1 heterocycles. The van der Waals surface area contributed by atoms with Crippen molar-refractivity contribution in [2.24, 2.45) is 0 Å². The highest BCUT2D eigenvalue weighted by atomic mass is 16.6. The van der Waals surface area contributed by atoms with Crippen LogP contribution in [0, 0.1) is 0 Å². The first-order chi connectivity index (χ1) is 9.26. The molecule has 0 fully saturated rings. The number of aliphatic carboxylic acids is 1. The second-order valence-corrected chi connectivity index (χ2v) is 5.33. The number of nitrogens with one attached hydrogen (secondary N) is 1. The Morgan fingerprint density at radius 2 is 2.15 bits per heavy atom. The molecule has 8 nitrogen and oxygen atoms in total. The monoisotopic (exact) mass is 284 g/mol. The zero-order valence-corrected chi connectivity index (χ0v) is 11.9. The van der Waals surface area contributed by atoms with Gasteiger partial charge in [0.2, 0.25) is 0 Å². The Labute approximate surface area is 117 Å². The fraction of sp³-hybridized carbons (Fsp3) is 0.667. The van der Waals surface area contributed by atoms with E-state index in [1.54, 1.807) is 27.0 Å². The van der Waals surface area contributed by atoms with E-state index in [1.165, 1.54) is 4.68 Å². The number of alkyl carbamates (subject to hydrolysis) is 1. The van der Waals surface area contributed by atoms with Gasteiger partial charge in [-0.1, -0.05) is 5.21 Å². The molecule has 0 spiro atoms. The van der Waals surface area contributed by atoms with Crippen molar-refractivity contribution in [1.82, 2.24) is 20.3 Å². The fourth-order valence-electron chi connectivity index (χ4n) is 1.44. The molecule has 0 saturated heterocycles. The van der Waals surface area contributed by atoms with Crippen LogP contribution in [0.25, 0.3) is 0 Å². The Hall–Kier alpha value is -2.12. The summed E-state index contributed by atoms with van der Waals surface area (Å²) in [4.78, 5) is 21.8. The normalized spacial score (nSPS) is 11.2. The molecule has 0 bridgehead atoms. The number of carboxylic acids is 1. The van der Waals surface area contributed by atoms with Crippen LogP contribution in [0.4, 0.5) is 4.79 Å². The average molecular weight is 284 g/mol. The van der Waals surface area contributed by atoms with E-state index >= 15 is 0 Å². The van der Waals surface area contributed by atoms with Crippen molar-refractivity contribution in [3.8, 4) is 0 Å². The van der Waals surface area contributed by atoms with Crippen LogP contribution in [0.15, 0.2) is 6.20 Å².